The van der Waals surface area contributed by atoms with Gasteiger partial charge in [-0.15, -0.1) is 0 Å². The largest absolute Gasteiger partial charge is 0.462 e. The van der Waals surface area contributed by atoms with Crippen LogP contribution < -0.4 is 0 Å². The number of esters is 1. The van der Waals surface area contributed by atoms with Crippen LogP contribution in [-0.2, 0) is 9.53 Å². The van der Waals surface area contributed by atoms with Crippen LogP contribution in [0.1, 0.15) is 53.4 Å². The zero-order valence-electron chi connectivity index (χ0n) is 10.5. The lowest BCUT2D eigenvalue weighted by molar-refractivity contribution is -0.155. The maximum atomic E-state index is 11.3. The normalized spacial score (nSPS) is 31.7. The molecule has 0 N–H and O–H groups in total. The molecule has 0 aromatic carbocycles. The highest BCUT2D eigenvalue weighted by Crippen LogP contribution is 2.35. The van der Waals surface area contributed by atoms with Gasteiger partial charge in [-0.25, -0.2) is 0 Å². The van der Waals surface area contributed by atoms with E-state index in [2.05, 4.69) is 20.8 Å². The third-order valence-electron chi connectivity index (χ3n) is 3.53. The van der Waals surface area contributed by atoms with Crippen LogP contribution >= 0.6 is 0 Å². The summed E-state index contributed by atoms with van der Waals surface area (Å²) in [6, 6.07) is 0. The van der Waals surface area contributed by atoms with E-state index in [0.717, 1.165) is 6.42 Å². The van der Waals surface area contributed by atoms with Gasteiger partial charge >= 0.3 is 5.97 Å². The lowest BCUT2D eigenvalue weighted by Gasteiger charge is -2.36. The zero-order chi connectivity index (χ0) is 11.4. The van der Waals surface area contributed by atoms with Crippen LogP contribution in [0, 0.1) is 17.8 Å². The number of carbonyl (C=O) groups is 1. The minimum Gasteiger partial charge on any atom is -0.462 e. The van der Waals surface area contributed by atoms with Crippen molar-refractivity contribution in [1.29, 1.82) is 0 Å². The fraction of sp³-hybridized carbons (Fsp3) is 0.923. The molecule has 0 unspecified atom stereocenters. The van der Waals surface area contributed by atoms with Gasteiger partial charge in [0, 0.05) is 6.42 Å². The molecule has 2 heteroatoms. The molecule has 0 aromatic heterocycles. The van der Waals surface area contributed by atoms with E-state index in [0.29, 0.717) is 24.2 Å². The first kappa shape index (κ1) is 12.5. The van der Waals surface area contributed by atoms with E-state index in [1.807, 2.05) is 6.92 Å². The molecular weight excluding hydrogens is 188 g/mol. The van der Waals surface area contributed by atoms with Gasteiger partial charge in [-0.1, -0.05) is 34.1 Å². The van der Waals surface area contributed by atoms with Crippen molar-refractivity contribution in [3.05, 3.63) is 0 Å². The average Bonchev–Trinajstić information content (AvgIpc) is 2.17. The van der Waals surface area contributed by atoms with Crippen molar-refractivity contribution in [1.82, 2.24) is 0 Å². The van der Waals surface area contributed by atoms with Gasteiger partial charge < -0.3 is 4.74 Å². The van der Waals surface area contributed by atoms with E-state index >= 15 is 0 Å². The maximum Gasteiger partial charge on any atom is 0.305 e. The van der Waals surface area contributed by atoms with Crippen molar-refractivity contribution in [2.75, 3.05) is 0 Å². The quantitative estimate of drug-likeness (QED) is 0.670. The fourth-order valence-corrected chi connectivity index (χ4v) is 2.50. The molecule has 0 amide bonds. The molecule has 1 aliphatic rings. The molecule has 1 aliphatic carbocycles. The minimum absolute atomic E-state index is 0.0419. The molecule has 0 radical (unpaired) electrons. The summed E-state index contributed by atoms with van der Waals surface area (Å²) in [7, 11) is 0. The minimum atomic E-state index is -0.0419. The van der Waals surface area contributed by atoms with Gasteiger partial charge in [0.1, 0.15) is 6.10 Å². The van der Waals surface area contributed by atoms with E-state index in [4.69, 9.17) is 4.74 Å². The van der Waals surface area contributed by atoms with Crippen LogP contribution in [0.15, 0.2) is 0 Å². The standard InChI is InChI=1S/C13H24O2/c1-5-13(14)15-12-8-10(4)6-7-11(12)9(2)3/h9-12H,5-8H2,1-4H3/t10-,11-,12-/m1/s1. The smallest absolute Gasteiger partial charge is 0.305 e. The second kappa shape index (κ2) is 5.53. The van der Waals surface area contributed by atoms with Gasteiger partial charge in [-0.3, -0.25) is 4.79 Å². The summed E-state index contributed by atoms with van der Waals surface area (Å²) in [5.41, 5.74) is 0. The van der Waals surface area contributed by atoms with E-state index in [1.165, 1.54) is 12.8 Å². The van der Waals surface area contributed by atoms with Gasteiger partial charge in [0.25, 0.3) is 0 Å². The van der Waals surface area contributed by atoms with Crippen molar-refractivity contribution in [3.8, 4) is 0 Å². The number of hydrogen-bond donors (Lipinski definition) is 0. The Labute approximate surface area is 93.4 Å². The number of ether oxygens (including phenoxy) is 1. The van der Waals surface area contributed by atoms with E-state index in [1.54, 1.807) is 0 Å². The average molecular weight is 212 g/mol. The molecule has 2 nitrogen and oxygen atoms in total. The van der Waals surface area contributed by atoms with Crippen LogP contribution in [0.5, 0.6) is 0 Å². The highest BCUT2D eigenvalue weighted by Gasteiger charge is 2.32. The summed E-state index contributed by atoms with van der Waals surface area (Å²) in [5, 5.41) is 0. The molecule has 0 spiro atoms. The number of rotatable bonds is 3. The zero-order valence-corrected chi connectivity index (χ0v) is 10.5. The van der Waals surface area contributed by atoms with Gasteiger partial charge in [0.05, 0.1) is 0 Å². The summed E-state index contributed by atoms with van der Waals surface area (Å²) in [6.07, 6.45) is 4.20. The highest BCUT2D eigenvalue weighted by atomic mass is 16.5. The molecule has 1 fully saturated rings. The van der Waals surface area contributed by atoms with Crippen molar-refractivity contribution in [2.45, 2.75) is 59.5 Å². The van der Waals surface area contributed by atoms with Crippen LogP contribution in [0.2, 0.25) is 0 Å². The molecule has 1 saturated carbocycles. The third kappa shape index (κ3) is 3.51. The fourth-order valence-electron chi connectivity index (χ4n) is 2.50. The molecule has 0 bridgehead atoms. The van der Waals surface area contributed by atoms with Crippen LogP contribution in [-0.4, -0.2) is 12.1 Å². The van der Waals surface area contributed by atoms with Crippen molar-refractivity contribution >= 4 is 5.97 Å². The summed E-state index contributed by atoms with van der Waals surface area (Å²) < 4.78 is 5.55. The Morgan fingerprint density at radius 3 is 2.60 bits per heavy atom. The molecule has 15 heavy (non-hydrogen) atoms. The molecule has 0 aliphatic heterocycles. The Balaban J connectivity index is 2.57. The molecule has 3 atom stereocenters. The Morgan fingerprint density at radius 2 is 2.07 bits per heavy atom. The Morgan fingerprint density at radius 1 is 1.40 bits per heavy atom. The monoisotopic (exact) mass is 212 g/mol. The summed E-state index contributed by atoms with van der Waals surface area (Å²) >= 11 is 0. The SMILES string of the molecule is CCC(=O)O[C@@H]1C[C@H](C)CC[C@@H]1C(C)C. The molecule has 1 rings (SSSR count). The molecule has 0 heterocycles. The molecule has 88 valence electrons. The van der Waals surface area contributed by atoms with E-state index < -0.39 is 0 Å². The first-order valence-corrected chi connectivity index (χ1v) is 6.24. The second-order valence-corrected chi connectivity index (χ2v) is 5.21. The molecule has 0 aromatic rings. The summed E-state index contributed by atoms with van der Waals surface area (Å²) in [4.78, 5) is 11.3. The van der Waals surface area contributed by atoms with Crippen molar-refractivity contribution < 1.29 is 9.53 Å². The van der Waals surface area contributed by atoms with Crippen LogP contribution in [0.3, 0.4) is 0 Å². The highest BCUT2D eigenvalue weighted by molar-refractivity contribution is 5.69. The van der Waals surface area contributed by atoms with Crippen molar-refractivity contribution in [2.24, 2.45) is 17.8 Å². The first-order chi connectivity index (χ1) is 7.04. The lowest BCUT2D eigenvalue weighted by Crippen LogP contribution is -2.35. The summed E-state index contributed by atoms with van der Waals surface area (Å²) in [6.45, 7) is 8.57. The van der Waals surface area contributed by atoms with Crippen LogP contribution in [0.25, 0.3) is 0 Å². The first-order valence-electron chi connectivity index (χ1n) is 6.24. The molecule has 0 saturated heterocycles. The van der Waals surface area contributed by atoms with Gasteiger partial charge in [0.2, 0.25) is 0 Å². The van der Waals surface area contributed by atoms with Crippen molar-refractivity contribution in [3.63, 3.8) is 0 Å². The Hall–Kier alpha value is -0.530. The Kier molecular flexibility index (Phi) is 4.62. The summed E-state index contributed by atoms with van der Waals surface area (Å²) in [5.74, 6) is 1.85. The number of carbonyl (C=O) groups excluding carboxylic acids is 1. The predicted molar refractivity (Wildman–Crippen MR) is 61.5 cm³/mol. The maximum absolute atomic E-state index is 11.3. The van der Waals surface area contributed by atoms with Gasteiger partial charge in [-0.05, 0) is 30.6 Å². The van der Waals surface area contributed by atoms with Gasteiger partial charge in [0.15, 0.2) is 0 Å². The molecular formula is C13H24O2. The third-order valence-corrected chi connectivity index (χ3v) is 3.53. The van der Waals surface area contributed by atoms with E-state index in [9.17, 15) is 4.79 Å². The van der Waals surface area contributed by atoms with Gasteiger partial charge in [-0.2, -0.15) is 0 Å². The lowest BCUT2D eigenvalue weighted by atomic mass is 9.75. The number of hydrogen-bond acceptors (Lipinski definition) is 2. The van der Waals surface area contributed by atoms with E-state index in [-0.39, 0.29) is 12.1 Å². The topological polar surface area (TPSA) is 26.3 Å². The van der Waals surface area contributed by atoms with Crippen LogP contribution in [0.4, 0.5) is 0 Å². The Bertz CT molecular complexity index is 211. The second-order valence-electron chi connectivity index (χ2n) is 5.21. The predicted octanol–water partition coefficient (Wildman–Crippen LogP) is 3.40.